The zero-order valence-electron chi connectivity index (χ0n) is 11.1. The second-order valence-corrected chi connectivity index (χ2v) is 5.38. The first kappa shape index (κ1) is 14.3. The molecule has 0 radical (unpaired) electrons. The fraction of sp³-hybridized carbons (Fsp3) is 0.909. The Balaban J connectivity index is 2.59. The molecule has 0 aliphatic carbocycles. The Hall–Kier alpha value is -0.745. The highest BCUT2D eigenvalue weighted by Gasteiger charge is 2.37. The first-order valence-corrected chi connectivity index (χ1v) is 6.02. The molecule has 0 saturated carbocycles. The average Bonchev–Trinajstić information content (AvgIpc) is 2.54. The number of carbonyl (C=O) groups is 1. The van der Waals surface area contributed by atoms with E-state index in [0.717, 1.165) is 0 Å². The van der Waals surface area contributed by atoms with Gasteiger partial charge in [-0.05, 0) is 33.5 Å². The number of rotatable bonds is 3. The number of aliphatic hydroxyl groups is 1. The quantitative estimate of drug-likeness (QED) is 0.744. The van der Waals surface area contributed by atoms with Crippen LogP contribution in [0, 0.1) is 0 Å². The molecule has 0 spiro atoms. The van der Waals surface area contributed by atoms with Crippen LogP contribution in [0.1, 0.15) is 27.2 Å². The highest BCUT2D eigenvalue weighted by molar-refractivity contribution is 6.27. The Labute approximate surface area is 103 Å². The van der Waals surface area contributed by atoms with Gasteiger partial charge in [0, 0.05) is 13.7 Å². The molecule has 2 atom stereocenters. The van der Waals surface area contributed by atoms with E-state index in [0.29, 0.717) is 26.8 Å². The van der Waals surface area contributed by atoms with Gasteiger partial charge < -0.3 is 19.4 Å². The Kier molecular flexibility index (Phi) is 4.83. The third kappa shape index (κ3) is 4.20. The molecule has 1 amide bonds. The first-order valence-electron chi connectivity index (χ1n) is 6.02. The summed E-state index contributed by atoms with van der Waals surface area (Å²) in [5.74, 6) is 0. The lowest BCUT2D eigenvalue weighted by molar-refractivity contribution is 0.0176. The summed E-state index contributed by atoms with van der Waals surface area (Å²) >= 11 is 0. The van der Waals surface area contributed by atoms with Gasteiger partial charge in [-0.2, -0.15) is 0 Å². The van der Waals surface area contributed by atoms with Crippen molar-refractivity contribution in [3.05, 3.63) is 0 Å². The molecule has 0 aromatic rings. The van der Waals surface area contributed by atoms with Crippen LogP contribution in [0.15, 0.2) is 0 Å². The van der Waals surface area contributed by atoms with E-state index in [1.54, 1.807) is 12.0 Å². The monoisotopic (exact) mass is 243 g/mol. The zero-order valence-corrected chi connectivity index (χ0v) is 11.1. The molecule has 0 bridgehead atoms. The van der Waals surface area contributed by atoms with Gasteiger partial charge in [0.2, 0.25) is 0 Å². The lowest BCUT2D eigenvalue weighted by Crippen LogP contribution is -2.43. The van der Waals surface area contributed by atoms with E-state index in [1.165, 1.54) is 0 Å². The molecule has 1 fully saturated rings. The minimum Gasteiger partial charge on any atom is -0.444 e. The van der Waals surface area contributed by atoms with Gasteiger partial charge in [0.15, 0.2) is 0 Å². The highest BCUT2D eigenvalue weighted by Crippen LogP contribution is 2.23. The van der Waals surface area contributed by atoms with Crippen molar-refractivity contribution >= 4 is 13.6 Å². The third-order valence-corrected chi connectivity index (χ3v) is 2.76. The van der Waals surface area contributed by atoms with Crippen LogP contribution < -0.4 is 0 Å². The molecule has 1 saturated heterocycles. The number of hydrogen-bond donors (Lipinski definition) is 1. The van der Waals surface area contributed by atoms with Crippen LogP contribution in [0.2, 0.25) is 6.32 Å². The van der Waals surface area contributed by atoms with Crippen molar-refractivity contribution in [3.8, 4) is 0 Å². The Morgan fingerprint density at radius 1 is 1.53 bits per heavy atom. The van der Waals surface area contributed by atoms with Gasteiger partial charge in [-0.15, -0.1) is 0 Å². The van der Waals surface area contributed by atoms with Gasteiger partial charge in [-0.1, -0.05) is 0 Å². The predicted octanol–water partition coefficient (Wildman–Crippen LogP) is 0.773. The lowest BCUT2D eigenvalue weighted by atomic mass is 9.87. The minimum atomic E-state index is -0.504. The van der Waals surface area contributed by atoms with Gasteiger partial charge >= 0.3 is 6.09 Å². The first-order chi connectivity index (χ1) is 7.85. The number of aliphatic hydroxyl groups excluding tert-OH is 1. The van der Waals surface area contributed by atoms with Gasteiger partial charge in [0.25, 0.3) is 7.48 Å². The molecule has 1 heterocycles. The van der Waals surface area contributed by atoms with Crippen molar-refractivity contribution in [2.24, 2.45) is 0 Å². The molecule has 1 N–H and O–H groups in total. The SMILES string of the molecule is COBCC1[C@H](O)CCN1C(=O)OC(C)(C)C. The lowest BCUT2D eigenvalue weighted by Gasteiger charge is -2.29. The van der Waals surface area contributed by atoms with Crippen LogP contribution in [0.4, 0.5) is 4.79 Å². The van der Waals surface area contributed by atoms with E-state index in [2.05, 4.69) is 0 Å². The molecule has 1 aliphatic heterocycles. The fourth-order valence-electron chi connectivity index (χ4n) is 1.97. The second kappa shape index (κ2) is 5.73. The smallest absolute Gasteiger partial charge is 0.410 e. The topological polar surface area (TPSA) is 59.0 Å². The van der Waals surface area contributed by atoms with E-state index in [9.17, 15) is 9.90 Å². The number of nitrogens with zero attached hydrogens (tertiary/aromatic N) is 1. The predicted molar refractivity (Wildman–Crippen MR) is 66.3 cm³/mol. The number of carbonyl (C=O) groups excluding carboxylic acids is 1. The molecule has 1 rings (SSSR count). The average molecular weight is 243 g/mol. The van der Waals surface area contributed by atoms with Crippen LogP contribution in [0.5, 0.6) is 0 Å². The Bertz CT molecular complexity index is 267. The van der Waals surface area contributed by atoms with Gasteiger partial charge in [-0.25, -0.2) is 4.79 Å². The molecule has 0 aromatic carbocycles. The molecule has 17 heavy (non-hydrogen) atoms. The highest BCUT2D eigenvalue weighted by atomic mass is 16.6. The maximum absolute atomic E-state index is 11.9. The van der Waals surface area contributed by atoms with Crippen LogP contribution >= 0.6 is 0 Å². The molecule has 1 aliphatic rings. The van der Waals surface area contributed by atoms with E-state index in [-0.39, 0.29) is 12.1 Å². The van der Waals surface area contributed by atoms with Crippen molar-refractivity contribution in [3.63, 3.8) is 0 Å². The maximum atomic E-state index is 11.9. The van der Waals surface area contributed by atoms with E-state index in [1.807, 2.05) is 20.8 Å². The normalized spacial score (nSPS) is 24.9. The summed E-state index contributed by atoms with van der Waals surface area (Å²) in [6.07, 6.45) is 0.415. The Morgan fingerprint density at radius 2 is 2.18 bits per heavy atom. The van der Waals surface area contributed by atoms with E-state index in [4.69, 9.17) is 9.39 Å². The molecule has 1 unspecified atom stereocenters. The summed E-state index contributed by atoms with van der Waals surface area (Å²) < 4.78 is 10.3. The largest absolute Gasteiger partial charge is 0.444 e. The van der Waals surface area contributed by atoms with Crippen LogP contribution in [-0.4, -0.2) is 55.0 Å². The second-order valence-electron chi connectivity index (χ2n) is 5.38. The summed E-state index contributed by atoms with van der Waals surface area (Å²) in [4.78, 5) is 13.5. The van der Waals surface area contributed by atoms with E-state index < -0.39 is 11.7 Å². The molecule has 0 aromatic heterocycles. The third-order valence-electron chi connectivity index (χ3n) is 2.76. The summed E-state index contributed by atoms with van der Waals surface area (Å²) in [5, 5.41) is 9.83. The number of amides is 1. The van der Waals surface area contributed by atoms with Crippen molar-refractivity contribution in [2.75, 3.05) is 13.7 Å². The fourth-order valence-corrected chi connectivity index (χ4v) is 1.97. The van der Waals surface area contributed by atoms with Crippen molar-refractivity contribution in [1.82, 2.24) is 4.90 Å². The number of likely N-dealkylation sites (tertiary alicyclic amines) is 1. The van der Waals surface area contributed by atoms with Crippen molar-refractivity contribution in [1.29, 1.82) is 0 Å². The van der Waals surface area contributed by atoms with Crippen LogP contribution in [0.25, 0.3) is 0 Å². The molecule has 6 heteroatoms. The summed E-state index contributed by atoms with van der Waals surface area (Å²) in [7, 11) is 2.14. The van der Waals surface area contributed by atoms with Gasteiger partial charge in [0.1, 0.15) is 5.60 Å². The molecular weight excluding hydrogens is 221 g/mol. The standard InChI is InChI=1S/C11H22BNO4/c1-11(2,3)17-10(15)13-6-5-9(14)8(13)7-12-16-4/h8-9,12,14H,5-7H2,1-4H3/t8?,9-/m1/s1. The minimum absolute atomic E-state index is 0.190. The number of hydrogen-bond acceptors (Lipinski definition) is 4. The summed E-state index contributed by atoms with van der Waals surface area (Å²) in [6, 6.07) is -0.190. The van der Waals surface area contributed by atoms with Crippen LogP contribution in [-0.2, 0) is 9.39 Å². The maximum Gasteiger partial charge on any atom is 0.410 e. The molecular formula is C11H22BNO4. The van der Waals surface area contributed by atoms with Crippen molar-refractivity contribution in [2.45, 2.75) is 51.3 Å². The summed E-state index contributed by atoms with van der Waals surface area (Å²) in [6.45, 7) is 6.05. The van der Waals surface area contributed by atoms with Crippen LogP contribution in [0.3, 0.4) is 0 Å². The number of ether oxygens (including phenoxy) is 1. The van der Waals surface area contributed by atoms with Gasteiger partial charge in [-0.3, -0.25) is 0 Å². The Morgan fingerprint density at radius 3 is 2.71 bits per heavy atom. The molecule has 5 nitrogen and oxygen atoms in total. The zero-order chi connectivity index (χ0) is 13.1. The molecule has 98 valence electrons. The summed E-state index contributed by atoms with van der Waals surface area (Å²) in [5.41, 5.74) is -0.504. The van der Waals surface area contributed by atoms with E-state index >= 15 is 0 Å². The van der Waals surface area contributed by atoms with Crippen molar-refractivity contribution < 1.29 is 19.3 Å². The van der Waals surface area contributed by atoms with Gasteiger partial charge in [0.05, 0.1) is 12.1 Å².